The second kappa shape index (κ2) is 8.23. The molecule has 4 unspecified atom stereocenters. The first-order valence-corrected chi connectivity index (χ1v) is 9.19. The average molecular weight is 365 g/mol. The molecule has 0 spiro atoms. The van der Waals surface area contributed by atoms with Crippen molar-refractivity contribution in [3.8, 4) is 0 Å². The van der Waals surface area contributed by atoms with Gasteiger partial charge in [-0.2, -0.15) is 0 Å². The van der Waals surface area contributed by atoms with Crippen LogP contribution in [0.5, 0.6) is 0 Å². The molecule has 4 atom stereocenters. The molecule has 0 aliphatic heterocycles. The van der Waals surface area contributed by atoms with Gasteiger partial charge in [-0.15, -0.1) is 11.1 Å². The summed E-state index contributed by atoms with van der Waals surface area (Å²) in [7, 11) is -2.37. The molecule has 0 radical (unpaired) electrons. The van der Waals surface area contributed by atoms with Crippen LogP contribution in [0.2, 0.25) is 0 Å². The average Bonchev–Trinajstić information content (AvgIpc) is 3.27. The third kappa shape index (κ3) is 4.44. The van der Waals surface area contributed by atoms with Gasteiger partial charge >= 0.3 is 14.1 Å². The van der Waals surface area contributed by atoms with Gasteiger partial charge in [0.15, 0.2) is 0 Å². The Balaban J connectivity index is 2.08. The highest BCUT2D eigenvalue weighted by molar-refractivity contribution is 7.41. The second-order valence-corrected chi connectivity index (χ2v) is 7.13. The molecule has 1 aromatic carbocycles. The summed E-state index contributed by atoms with van der Waals surface area (Å²) in [5.41, 5.74) is 4.03. The number of rotatable bonds is 9. The molecule has 25 heavy (non-hydrogen) atoms. The van der Waals surface area contributed by atoms with Crippen LogP contribution in [0.4, 0.5) is 4.79 Å². The number of carbonyl (C=O) groups is 2. The molecule has 1 fully saturated rings. The normalized spacial score (nSPS) is 23.2. The molecule has 0 aromatic heterocycles. The lowest BCUT2D eigenvalue weighted by atomic mass is 10.1. The minimum atomic E-state index is -2.37. The Labute approximate surface area is 147 Å². The quantitative estimate of drug-likeness (QED) is 0.516. The molecule has 0 bridgehead atoms. The number of alkyl carbamates (subject to hydrolysis) is 1. The van der Waals surface area contributed by atoms with Crippen LogP contribution in [0.3, 0.4) is 0 Å². The van der Waals surface area contributed by atoms with Gasteiger partial charge in [0, 0.05) is 5.92 Å². The first kappa shape index (κ1) is 19.1. The second-order valence-electron chi connectivity index (χ2n) is 5.78. The predicted octanol–water partition coefficient (Wildman–Crippen LogP) is 2.49. The number of amides is 2. The molecule has 1 aliphatic rings. The molecule has 7 nitrogen and oxygen atoms in total. The van der Waals surface area contributed by atoms with Crippen molar-refractivity contribution >= 4 is 20.0 Å². The molecule has 0 saturated heterocycles. The summed E-state index contributed by atoms with van der Waals surface area (Å²) in [6.45, 7) is 5.61. The van der Waals surface area contributed by atoms with Gasteiger partial charge in [-0.1, -0.05) is 36.4 Å². The molecular formula is C17H22N2O5P+. The summed E-state index contributed by atoms with van der Waals surface area (Å²) < 4.78 is 22.6. The molecule has 0 heterocycles. The number of hydrogen-bond donors (Lipinski definition) is 2. The van der Waals surface area contributed by atoms with Crippen LogP contribution in [-0.4, -0.2) is 29.8 Å². The van der Waals surface area contributed by atoms with E-state index in [1.165, 1.54) is 0 Å². The Morgan fingerprint density at radius 2 is 2.16 bits per heavy atom. The van der Waals surface area contributed by atoms with Crippen LogP contribution in [0.15, 0.2) is 43.0 Å². The summed E-state index contributed by atoms with van der Waals surface area (Å²) in [5, 5.41) is 2.66. The Kier molecular flexibility index (Phi) is 6.28. The third-order valence-corrected chi connectivity index (χ3v) is 5.77. The van der Waals surface area contributed by atoms with Gasteiger partial charge < -0.3 is 15.8 Å². The fraction of sp³-hybridized carbons (Fsp3) is 0.412. The molecule has 1 aliphatic carbocycles. The van der Waals surface area contributed by atoms with Crippen molar-refractivity contribution in [3.63, 3.8) is 0 Å². The minimum Gasteiger partial charge on any atom is -0.445 e. The zero-order valence-corrected chi connectivity index (χ0v) is 14.9. The van der Waals surface area contributed by atoms with E-state index >= 15 is 0 Å². The van der Waals surface area contributed by atoms with Crippen molar-refractivity contribution in [2.75, 3.05) is 6.61 Å². The van der Waals surface area contributed by atoms with Gasteiger partial charge in [0.05, 0.1) is 6.61 Å². The summed E-state index contributed by atoms with van der Waals surface area (Å²) >= 11 is 0. The molecule has 3 N–H and O–H groups in total. The molecule has 1 saturated carbocycles. The SMILES string of the molecule is C=CC1CC1(NC(=O)OCc1ccccc1)C(C(N)=O)[P+](=O)OCC. The van der Waals surface area contributed by atoms with Crippen LogP contribution in [0.25, 0.3) is 0 Å². The highest BCUT2D eigenvalue weighted by Gasteiger charge is 2.69. The van der Waals surface area contributed by atoms with E-state index in [1.54, 1.807) is 13.0 Å². The van der Waals surface area contributed by atoms with Crippen molar-refractivity contribution in [1.29, 1.82) is 0 Å². The van der Waals surface area contributed by atoms with Gasteiger partial charge in [0.1, 0.15) is 12.1 Å². The van der Waals surface area contributed by atoms with E-state index in [4.69, 9.17) is 15.0 Å². The molecule has 2 amide bonds. The van der Waals surface area contributed by atoms with E-state index in [0.717, 1.165) is 5.56 Å². The van der Waals surface area contributed by atoms with E-state index < -0.39 is 31.2 Å². The maximum absolute atomic E-state index is 12.3. The molecule has 134 valence electrons. The molecular weight excluding hydrogens is 343 g/mol. The number of ether oxygens (including phenoxy) is 1. The van der Waals surface area contributed by atoms with Crippen molar-refractivity contribution in [3.05, 3.63) is 48.6 Å². The van der Waals surface area contributed by atoms with Crippen LogP contribution in [0, 0.1) is 5.92 Å². The Morgan fingerprint density at radius 3 is 2.68 bits per heavy atom. The minimum absolute atomic E-state index is 0.0837. The van der Waals surface area contributed by atoms with Crippen LogP contribution >= 0.6 is 8.03 Å². The van der Waals surface area contributed by atoms with Crippen molar-refractivity contribution in [1.82, 2.24) is 5.32 Å². The van der Waals surface area contributed by atoms with Gasteiger partial charge in [-0.05, 0) is 23.5 Å². The number of nitrogens with one attached hydrogen (secondary N) is 1. The summed E-state index contributed by atoms with van der Waals surface area (Å²) in [4.78, 5) is 24.0. The number of primary amides is 1. The van der Waals surface area contributed by atoms with Crippen LogP contribution < -0.4 is 11.1 Å². The van der Waals surface area contributed by atoms with E-state index in [2.05, 4.69) is 11.9 Å². The number of hydrogen-bond acceptors (Lipinski definition) is 5. The lowest BCUT2D eigenvalue weighted by Crippen LogP contribution is -2.51. The zero-order valence-electron chi connectivity index (χ0n) is 14.0. The highest BCUT2D eigenvalue weighted by Crippen LogP contribution is 2.54. The number of carbonyl (C=O) groups excluding carboxylic acids is 2. The smallest absolute Gasteiger partial charge is 0.445 e. The number of nitrogens with two attached hydrogens (primary N) is 1. The van der Waals surface area contributed by atoms with Gasteiger partial charge in [-0.25, -0.2) is 4.79 Å². The van der Waals surface area contributed by atoms with Crippen molar-refractivity contribution in [2.24, 2.45) is 11.7 Å². The lowest BCUT2D eigenvalue weighted by molar-refractivity contribution is -0.118. The largest absolute Gasteiger partial charge is 0.524 e. The molecule has 1 aromatic rings. The third-order valence-electron chi connectivity index (χ3n) is 4.12. The fourth-order valence-electron chi connectivity index (χ4n) is 2.82. The van der Waals surface area contributed by atoms with Crippen LogP contribution in [0.1, 0.15) is 18.9 Å². The number of benzene rings is 1. The summed E-state index contributed by atoms with van der Waals surface area (Å²) in [6.07, 6.45) is 1.29. The van der Waals surface area contributed by atoms with Gasteiger partial charge in [0.2, 0.25) is 0 Å². The lowest BCUT2D eigenvalue weighted by Gasteiger charge is -2.19. The van der Waals surface area contributed by atoms with E-state index in [1.807, 2.05) is 30.3 Å². The monoisotopic (exact) mass is 365 g/mol. The van der Waals surface area contributed by atoms with E-state index in [0.29, 0.717) is 6.42 Å². The Bertz CT molecular complexity index is 666. The summed E-state index contributed by atoms with van der Waals surface area (Å²) in [6, 6.07) is 9.18. The first-order chi connectivity index (χ1) is 11.9. The Hall–Kier alpha value is -2.24. The fourth-order valence-corrected chi connectivity index (χ4v) is 4.17. The highest BCUT2D eigenvalue weighted by atomic mass is 31.1. The maximum Gasteiger partial charge on any atom is 0.524 e. The van der Waals surface area contributed by atoms with E-state index in [9.17, 15) is 14.2 Å². The standard InChI is InChI=1S/C17H21N2O5P/c1-3-13-10-17(13,14(15(18)20)25(22)24-4-2)19-16(21)23-11-12-8-6-5-7-9-12/h3,5-9,13-14H,1,4,10-11H2,2H3,(H2-,18,19,20,21)/p+1. The predicted molar refractivity (Wildman–Crippen MR) is 93.0 cm³/mol. The van der Waals surface area contributed by atoms with Gasteiger partial charge in [0.25, 0.3) is 11.6 Å². The van der Waals surface area contributed by atoms with Crippen molar-refractivity contribution in [2.45, 2.75) is 31.1 Å². The Morgan fingerprint density at radius 1 is 1.48 bits per heavy atom. The van der Waals surface area contributed by atoms with Gasteiger partial charge in [-0.3, -0.25) is 4.79 Å². The first-order valence-electron chi connectivity index (χ1n) is 7.94. The molecule has 8 heteroatoms. The topological polar surface area (TPSA) is 108 Å². The maximum atomic E-state index is 12.3. The van der Waals surface area contributed by atoms with Crippen molar-refractivity contribution < 1.29 is 23.4 Å². The van der Waals surface area contributed by atoms with Crippen LogP contribution in [-0.2, 0) is 25.2 Å². The van der Waals surface area contributed by atoms with E-state index in [-0.39, 0.29) is 19.1 Å². The summed E-state index contributed by atoms with van der Waals surface area (Å²) in [5.74, 6) is -1.02. The zero-order chi connectivity index (χ0) is 18.4. The molecule has 2 rings (SSSR count).